The van der Waals surface area contributed by atoms with Gasteiger partial charge in [0, 0.05) is 0 Å². The van der Waals surface area contributed by atoms with Crippen LogP contribution in [0.5, 0.6) is 0 Å². The molecule has 0 amide bonds. The average molecular weight is 141 g/mol. The molecule has 0 N–H and O–H groups in total. The first kappa shape index (κ1) is 7.73. The number of ketones is 1. The summed E-state index contributed by atoms with van der Waals surface area (Å²) >= 11 is 0. The van der Waals surface area contributed by atoms with Gasteiger partial charge in [-0.15, -0.1) is 0 Å². The molecule has 1 aliphatic rings. The molecule has 1 atom stereocenters. The van der Waals surface area contributed by atoms with Gasteiger partial charge in [0.25, 0.3) is 0 Å². The topological polar surface area (TPSA) is 20.3 Å². The number of hydrogen-bond acceptors (Lipinski definition) is 2. The molecule has 0 unspecified atom stereocenters. The van der Waals surface area contributed by atoms with Crippen molar-refractivity contribution in [1.82, 2.24) is 4.90 Å². The summed E-state index contributed by atoms with van der Waals surface area (Å²) in [6, 6.07) is 0. The van der Waals surface area contributed by atoms with E-state index in [4.69, 9.17) is 0 Å². The quantitative estimate of drug-likeness (QED) is 0.544. The summed E-state index contributed by atoms with van der Waals surface area (Å²) in [5.74, 6) is 0.299. The van der Waals surface area contributed by atoms with Crippen LogP contribution in [0, 0.1) is 0 Å². The van der Waals surface area contributed by atoms with Crippen LogP contribution in [0.4, 0.5) is 0 Å². The Morgan fingerprint density at radius 3 is 2.40 bits per heavy atom. The molecule has 58 valence electrons. The van der Waals surface area contributed by atoms with E-state index >= 15 is 0 Å². The van der Waals surface area contributed by atoms with Crippen molar-refractivity contribution in [2.45, 2.75) is 32.2 Å². The van der Waals surface area contributed by atoms with Crippen LogP contribution < -0.4 is 0 Å². The number of carbonyl (C=O) groups excluding carboxylic acids is 1. The minimum atomic E-state index is -0.153. The van der Waals surface area contributed by atoms with Gasteiger partial charge in [0.15, 0.2) is 0 Å². The highest BCUT2D eigenvalue weighted by Crippen LogP contribution is 2.27. The number of nitrogens with zero attached hydrogens (tertiary/aromatic N) is 1. The summed E-state index contributed by atoms with van der Waals surface area (Å²) in [5, 5.41) is 0. The summed E-state index contributed by atoms with van der Waals surface area (Å²) in [6.07, 6.45) is 2.19. The Morgan fingerprint density at radius 2 is 2.20 bits per heavy atom. The number of hydrogen-bond donors (Lipinski definition) is 0. The molecule has 1 saturated heterocycles. The monoisotopic (exact) mass is 141 g/mol. The summed E-state index contributed by atoms with van der Waals surface area (Å²) < 4.78 is 0. The molecule has 0 aromatic rings. The van der Waals surface area contributed by atoms with Crippen LogP contribution in [0.15, 0.2) is 0 Å². The van der Waals surface area contributed by atoms with Crippen molar-refractivity contribution >= 4 is 5.78 Å². The van der Waals surface area contributed by atoms with Gasteiger partial charge in [-0.1, -0.05) is 0 Å². The Balaban J connectivity index is 2.75. The third kappa shape index (κ3) is 0.966. The number of likely N-dealkylation sites (tertiary alicyclic amines) is 1. The molecule has 0 aliphatic carbocycles. The van der Waals surface area contributed by atoms with Gasteiger partial charge in [0.05, 0.1) is 5.54 Å². The molecular weight excluding hydrogens is 126 g/mol. The van der Waals surface area contributed by atoms with Crippen molar-refractivity contribution in [3.63, 3.8) is 0 Å². The van der Waals surface area contributed by atoms with E-state index in [0.29, 0.717) is 5.78 Å². The molecule has 0 aromatic heterocycles. The fraction of sp³-hybridized carbons (Fsp3) is 0.875. The predicted molar refractivity (Wildman–Crippen MR) is 41.0 cm³/mol. The van der Waals surface area contributed by atoms with Gasteiger partial charge in [0.2, 0.25) is 0 Å². The summed E-state index contributed by atoms with van der Waals surface area (Å²) in [7, 11) is 2.02. The largest absolute Gasteiger partial charge is 0.298 e. The molecule has 10 heavy (non-hydrogen) atoms. The molecule has 0 aromatic carbocycles. The van der Waals surface area contributed by atoms with Crippen LogP contribution in [0.3, 0.4) is 0 Å². The Labute approximate surface area is 62.2 Å². The molecule has 1 rings (SSSR count). The number of carbonyl (C=O) groups is 1. The second-order valence-electron chi connectivity index (χ2n) is 3.36. The zero-order valence-electron chi connectivity index (χ0n) is 6.98. The number of rotatable bonds is 1. The van der Waals surface area contributed by atoms with Gasteiger partial charge in [-0.05, 0) is 40.3 Å². The van der Waals surface area contributed by atoms with E-state index in [9.17, 15) is 4.79 Å². The fourth-order valence-corrected chi connectivity index (χ4v) is 1.54. The van der Waals surface area contributed by atoms with E-state index in [2.05, 4.69) is 4.90 Å². The second-order valence-corrected chi connectivity index (χ2v) is 3.36. The standard InChI is InChI=1S/C8H15NO/c1-7(10)8(2)5-4-6-9(8)3/h4-6H2,1-3H3/t8-/m0/s1. The van der Waals surface area contributed by atoms with Crippen molar-refractivity contribution in [1.29, 1.82) is 0 Å². The van der Waals surface area contributed by atoms with E-state index in [1.807, 2.05) is 14.0 Å². The van der Waals surface area contributed by atoms with Crippen molar-refractivity contribution in [2.75, 3.05) is 13.6 Å². The Morgan fingerprint density at radius 1 is 1.60 bits per heavy atom. The molecule has 0 radical (unpaired) electrons. The summed E-state index contributed by atoms with van der Waals surface area (Å²) in [6.45, 7) is 4.78. The van der Waals surface area contributed by atoms with Crippen molar-refractivity contribution in [3.05, 3.63) is 0 Å². The van der Waals surface area contributed by atoms with Gasteiger partial charge in [-0.2, -0.15) is 0 Å². The average Bonchev–Trinajstić information content (AvgIpc) is 2.15. The van der Waals surface area contributed by atoms with E-state index in [1.54, 1.807) is 6.92 Å². The lowest BCUT2D eigenvalue weighted by molar-refractivity contribution is -0.125. The molecule has 1 fully saturated rings. The fourth-order valence-electron chi connectivity index (χ4n) is 1.54. The molecule has 1 aliphatic heterocycles. The Bertz CT molecular complexity index is 155. The summed E-state index contributed by atoms with van der Waals surface area (Å²) in [4.78, 5) is 13.3. The van der Waals surface area contributed by atoms with Gasteiger partial charge < -0.3 is 0 Å². The zero-order chi connectivity index (χ0) is 7.78. The minimum Gasteiger partial charge on any atom is -0.298 e. The highest BCUT2D eigenvalue weighted by Gasteiger charge is 2.37. The van der Waals surface area contributed by atoms with Gasteiger partial charge in [-0.3, -0.25) is 9.69 Å². The second kappa shape index (κ2) is 2.35. The number of likely N-dealkylation sites (N-methyl/N-ethyl adjacent to an activating group) is 1. The Hall–Kier alpha value is -0.370. The molecule has 1 heterocycles. The van der Waals surface area contributed by atoms with Crippen LogP contribution in [0.25, 0.3) is 0 Å². The van der Waals surface area contributed by atoms with E-state index in [-0.39, 0.29) is 5.54 Å². The first-order valence-electron chi connectivity index (χ1n) is 3.79. The van der Waals surface area contributed by atoms with Crippen molar-refractivity contribution in [3.8, 4) is 0 Å². The lowest BCUT2D eigenvalue weighted by Crippen LogP contribution is -2.44. The normalized spacial score (nSPS) is 34.7. The first-order chi connectivity index (χ1) is 4.57. The highest BCUT2D eigenvalue weighted by atomic mass is 16.1. The molecule has 2 nitrogen and oxygen atoms in total. The van der Waals surface area contributed by atoms with E-state index < -0.39 is 0 Å². The van der Waals surface area contributed by atoms with Crippen LogP contribution in [0.1, 0.15) is 26.7 Å². The maximum atomic E-state index is 11.1. The van der Waals surface area contributed by atoms with Crippen LogP contribution in [-0.2, 0) is 4.79 Å². The van der Waals surface area contributed by atoms with Crippen molar-refractivity contribution < 1.29 is 4.79 Å². The van der Waals surface area contributed by atoms with Crippen LogP contribution >= 0.6 is 0 Å². The maximum Gasteiger partial charge on any atom is 0.149 e. The zero-order valence-corrected chi connectivity index (χ0v) is 6.98. The van der Waals surface area contributed by atoms with E-state index in [0.717, 1.165) is 19.4 Å². The van der Waals surface area contributed by atoms with Crippen LogP contribution in [0.2, 0.25) is 0 Å². The molecule has 0 bridgehead atoms. The first-order valence-corrected chi connectivity index (χ1v) is 3.79. The minimum absolute atomic E-state index is 0.153. The third-order valence-electron chi connectivity index (χ3n) is 2.76. The number of Topliss-reactive ketones (excluding diaryl/α,β-unsaturated/α-hetero) is 1. The highest BCUT2D eigenvalue weighted by molar-refractivity contribution is 5.85. The van der Waals surface area contributed by atoms with E-state index in [1.165, 1.54) is 0 Å². The smallest absolute Gasteiger partial charge is 0.149 e. The summed E-state index contributed by atoms with van der Waals surface area (Å²) in [5.41, 5.74) is -0.153. The van der Waals surface area contributed by atoms with Crippen molar-refractivity contribution in [2.24, 2.45) is 0 Å². The lowest BCUT2D eigenvalue weighted by atomic mass is 9.95. The van der Waals surface area contributed by atoms with Gasteiger partial charge in [0.1, 0.15) is 5.78 Å². The van der Waals surface area contributed by atoms with Crippen LogP contribution in [-0.4, -0.2) is 29.8 Å². The third-order valence-corrected chi connectivity index (χ3v) is 2.76. The predicted octanol–water partition coefficient (Wildman–Crippen LogP) is 1.06. The Kier molecular flexibility index (Phi) is 1.82. The van der Waals surface area contributed by atoms with Gasteiger partial charge in [-0.25, -0.2) is 0 Å². The SMILES string of the molecule is CC(=O)[C@]1(C)CCCN1C. The lowest BCUT2D eigenvalue weighted by Gasteiger charge is -2.28. The molecule has 2 heteroatoms. The molecule has 0 spiro atoms. The van der Waals surface area contributed by atoms with Gasteiger partial charge >= 0.3 is 0 Å². The maximum absolute atomic E-state index is 11.1. The molecule has 0 saturated carbocycles. The molecular formula is C8H15NO.